The number of hydrogen-bond acceptors (Lipinski definition) is 1. The second kappa shape index (κ2) is 7.03. The summed E-state index contributed by atoms with van der Waals surface area (Å²) < 4.78 is 0. The van der Waals surface area contributed by atoms with Crippen LogP contribution in [0.25, 0.3) is 10.9 Å². The highest BCUT2D eigenvalue weighted by molar-refractivity contribution is 6.36. The van der Waals surface area contributed by atoms with E-state index >= 15 is 0 Å². The number of benzene rings is 2. The molecular formula is C21H22Cl2N2. The van der Waals surface area contributed by atoms with E-state index in [-0.39, 0.29) is 0 Å². The first-order valence-corrected chi connectivity index (χ1v) is 9.61. The Kier molecular flexibility index (Phi) is 4.77. The zero-order chi connectivity index (χ0) is 17.4. The first-order valence-electron chi connectivity index (χ1n) is 8.86. The van der Waals surface area contributed by atoms with Gasteiger partial charge in [-0.3, -0.25) is 4.90 Å². The standard InChI is InChI=1S/C21H22Cl2N2/c1-14-17(16-5-2-3-8-20(16)24-14)13-25-11-9-15(10-12-25)21-18(22)6-4-7-19(21)23/h2-8,15,24H,9-13H2,1H3. The van der Waals surface area contributed by atoms with Gasteiger partial charge in [-0.1, -0.05) is 47.5 Å². The third-order valence-corrected chi connectivity index (χ3v) is 6.06. The van der Waals surface area contributed by atoms with Gasteiger partial charge in [0.25, 0.3) is 0 Å². The zero-order valence-corrected chi connectivity index (χ0v) is 15.9. The summed E-state index contributed by atoms with van der Waals surface area (Å²) in [5.41, 5.74) is 5.06. The third kappa shape index (κ3) is 3.31. The molecule has 0 unspecified atom stereocenters. The van der Waals surface area contributed by atoms with Crippen LogP contribution < -0.4 is 0 Å². The number of H-pyrrole nitrogens is 1. The summed E-state index contributed by atoms with van der Waals surface area (Å²) >= 11 is 12.8. The van der Waals surface area contributed by atoms with Gasteiger partial charge < -0.3 is 4.98 Å². The molecule has 0 saturated carbocycles. The minimum atomic E-state index is 0.460. The fourth-order valence-electron chi connectivity index (χ4n) is 4.04. The van der Waals surface area contributed by atoms with E-state index in [0.717, 1.165) is 48.1 Å². The maximum absolute atomic E-state index is 6.40. The van der Waals surface area contributed by atoms with E-state index in [2.05, 4.69) is 41.1 Å². The second-order valence-corrected chi connectivity index (χ2v) is 7.77. The number of likely N-dealkylation sites (tertiary alicyclic amines) is 1. The van der Waals surface area contributed by atoms with Crippen LogP contribution in [-0.2, 0) is 6.54 Å². The van der Waals surface area contributed by atoms with Gasteiger partial charge in [-0.25, -0.2) is 0 Å². The van der Waals surface area contributed by atoms with E-state index in [0.29, 0.717) is 5.92 Å². The van der Waals surface area contributed by atoms with Gasteiger partial charge in [-0.05, 0) is 68.1 Å². The molecule has 25 heavy (non-hydrogen) atoms. The Morgan fingerprint density at radius 1 is 1.00 bits per heavy atom. The maximum atomic E-state index is 6.40. The summed E-state index contributed by atoms with van der Waals surface area (Å²) in [6, 6.07) is 14.4. The molecule has 1 aliphatic rings. The van der Waals surface area contributed by atoms with Gasteiger partial charge in [0.05, 0.1) is 0 Å². The van der Waals surface area contributed by atoms with Crippen LogP contribution in [0.5, 0.6) is 0 Å². The monoisotopic (exact) mass is 372 g/mol. The second-order valence-electron chi connectivity index (χ2n) is 6.96. The molecule has 1 saturated heterocycles. The average Bonchev–Trinajstić information content (AvgIpc) is 2.92. The number of nitrogens with zero attached hydrogens (tertiary/aromatic N) is 1. The molecule has 4 heteroatoms. The van der Waals surface area contributed by atoms with E-state index < -0.39 is 0 Å². The molecule has 2 heterocycles. The fraction of sp³-hybridized carbons (Fsp3) is 0.333. The Morgan fingerprint density at radius 2 is 1.68 bits per heavy atom. The fourth-order valence-corrected chi connectivity index (χ4v) is 4.75. The Labute approximate surface area is 158 Å². The molecule has 130 valence electrons. The highest BCUT2D eigenvalue weighted by Crippen LogP contribution is 2.38. The van der Waals surface area contributed by atoms with Crippen molar-refractivity contribution < 1.29 is 0 Å². The number of rotatable bonds is 3. The number of halogens is 2. The molecule has 1 N–H and O–H groups in total. The lowest BCUT2D eigenvalue weighted by atomic mass is 9.89. The molecule has 0 bridgehead atoms. The molecule has 2 nitrogen and oxygen atoms in total. The summed E-state index contributed by atoms with van der Waals surface area (Å²) in [4.78, 5) is 6.05. The molecule has 2 aromatic carbocycles. The van der Waals surface area contributed by atoms with E-state index in [1.807, 2.05) is 18.2 Å². The number of aryl methyl sites for hydroxylation is 1. The van der Waals surface area contributed by atoms with Crippen LogP contribution in [0.2, 0.25) is 10.0 Å². The van der Waals surface area contributed by atoms with E-state index in [9.17, 15) is 0 Å². The van der Waals surface area contributed by atoms with Crippen molar-refractivity contribution in [2.24, 2.45) is 0 Å². The van der Waals surface area contributed by atoms with Crippen molar-refractivity contribution in [3.63, 3.8) is 0 Å². The summed E-state index contributed by atoms with van der Waals surface area (Å²) in [5.74, 6) is 0.460. The van der Waals surface area contributed by atoms with Crippen LogP contribution in [0, 0.1) is 6.92 Å². The Bertz CT molecular complexity index is 872. The molecule has 0 radical (unpaired) electrons. The van der Waals surface area contributed by atoms with Crippen molar-refractivity contribution >= 4 is 34.1 Å². The number of para-hydroxylation sites is 1. The Hall–Kier alpha value is -1.48. The summed E-state index contributed by atoms with van der Waals surface area (Å²) in [7, 11) is 0. The highest BCUT2D eigenvalue weighted by Gasteiger charge is 2.25. The molecule has 1 fully saturated rings. The van der Waals surface area contributed by atoms with Crippen molar-refractivity contribution in [3.05, 3.63) is 69.3 Å². The predicted molar refractivity (Wildman–Crippen MR) is 107 cm³/mol. The number of piperidine rings is 1. The summed E-state index contributed by atoms with van der Waals surface area (Å²) in [6.45, 7) is 5.32. The quantitative estimate of drug-likeness (QED) is 0.582. The summed E-state index contributed by atoms with van der Waals surface area (Å²) in [6.07, 6.45) is 2.20. The van der Waals surface area contributed by atoms with Crippen LogP contribution in [0.4, 0.5) is 0 Å². The van der Waals surface area contributed by atoms with E-state index in [1.54, 1.807) is 0 Å². The van der Waals surface area contributed by atoms with Crippen LogP contribution in [0.1, 0.15) is 35.6 Å². The smallest absolute Gasteiger partial charge is 0.0459 e. The van der Waals surface area contributed by atoms with Gasteiger partial charge in [-0.2, -0.15) is 0 Å². The Balaban J connectivity index is 1.48. The largest absolute Gasteiger partial charge is 0.358 e. The molecule has 4 rings (SSSR count). The minimum Gasteiger partial charge on any atom is -0.358 e. The van der Waals surface area contributed by atoms with Crippen LogP contribution in [-0.4, -0.2) is 23.0 Å². The molecule has 0 amide bonds. The molecule has 0 aliphatic carbocycles. The maximum Gasteiger partial charge on any atom is 0.0459 e. The van der Waals surface area contributed by atoms with Crippen molar-refractivity contribution in [2.45, 2.75) is 32.2 Å². The van der Waals surface area contributed by atoms with Gasteiger partial charge in [0.1, 0.15) is 0 Å². The number of aromatic nitrogens is 1. The van der Waals surface area contributed by atoms with Gasteiger partial charge in [0.15, 0.2) is 0 Å². The average molecular weight is 373 g/mol. The SMILES string of the molecule is Cc1[nH]c2ccccc2c1CN1CCC(c2c(Cl)cccc2Cl)CC1. The van der Waals surface area contributed by atoms with Crippen LogP contribution in [0.15, 0.2) is 42.5 Å². The van der Waals surface area contributed by atoms with Crippen molar-refractivity contribution in [2.75, 3.05) is 13.1 Å². The van der Waals surface area contributed by atoms with E-state index in [4.69, 9.17) is 23.2 Å². The van der Waals surface area contributed by atoms with Gasteiger partial charge in [-0.15, -0.1) is 0 Å². The first kappa shape index (κ1) is 17.0. The van der Waals surface area contributed by atoms with Gasteiger partial charge in [0, 0.05) is 33.2 Å². The lowest BCUT2D eigenvalue weighted by Crippen LogP contribution is -2.32. The molecule has 0 spiro atoms. The van der Waals surface area contributed by atoms with Crippen LogP contribution >= 0.6 is 23.2 Å². The zero-order valence-electron chi connectivity index (χ0n) is 14.4. The topological polar surface area (TPSA) is 19.0 Å². The lowest BCUT2D eigenvalue weighted by molar-refractivity contribution is 0.205. The predicted octanol–water partition coefficient (Wildman–Crippen LogP) is 6.16. The molecule has 0 atom stereocenters. The molecular weight excluding hydrogens is 351 g/mol. The van der Waals surface area contributed by atoms with Crippen molar-refractivity contribution in [1.82, 2.24) is 9.88 Å². The number of fused-ring (bicyclic) bond motifs is 1. The van der Waals surface area contributed by atoms with Crippen LogP contribution in [0.3, 0.4) is 0 Å². The van der Waals surface area contributed by atoms with Gasteiger partial charge >= 0.3 is 0 Å². The first-order chi connectivity index (χ1) is 12.1. The number of hydrogen-bond donors (Lipinski definition) is 1. The van der Waals surface area contributed by atoms with Crippen molar-refractivity contribution in [1.29, 1.82) is 0 Å². The molecule has 1 aliphatic heterocycles. The minimum absolute atomic E-state index is 0.460. The lowest BCUT2D eigenvalue weighted by Gasteiger charge is -2.33. The molecule has 1 aromatic heterocycles. The van der Waals surface area contributed by atoms with E-state index in [1.165, 1.54) is 22.2 Å². The highest BCUT2D eigenvalue weighted by atomic mass is 35.5. The number of aromatic amines is 1. The van der Waals surface area contributed by atoms with Gasteiger partial charge in [0.2, 0.25) is 0 Å². The van der Waals surface area contributed by atoms with Crippen molar-refractivity contribution in [3.8, 4) is 0 Å². The normalized spacial score (nSPS) is 16.6. The number of nitrogens with one attached hydrogen (secondary N) is 1. The third-order valence-electron chi connectivity index (χ3n) is 5.40. The Morgan fingerprint density at radius 3 is 2.40 bits per heavy atom. The summed E-state index contributed by atoms with van der Waals surface area (Å²) in [5, 5.41) is 2.95. The molecule has 3 aromatic rings.